The van der Waals surface area contributed by atoms with Crippen LogP contribution in [0.4, 0.5) is 0 Å². The third-order valence-corrected chi connectivity index (χ3v) is 5.94. The number of hydrogen-bond acceptors (Lipinski definition) is 4. The molecule has 1 aromatic rings. The SMILES string of the molecule is CC(C)[C@H](c1nnnn1C1CCCCC1)[NH+]1CCSCC1. The number of thioether (sulfide) groups is 1. The lowest BCUT2D eigenvalue weighted by Crippen LogP contribution is -3.14. The molecule has 21 heavy (non-hydrogen) atoms. The van der Waals surface area contributed by atoms with E-state index < -0.39 is 0 Å². The van der Waals surface area contributed by atoms with Crippen LogP contribution in [-0.2, 0) is 0 Å². The van der Waals surface area contributed by atoms with Crippen molar-refractivity contribution in [3.05, 3.63) is 5.82 Å². The molecule has 6 heteroatoms. The quantitative estimate of drug-likeness (QED) is 0.916. The summed E-state index contributed by atoms with van der Waals surface area (Å²) in [6.45, 7) is 7.12. The van der Waals surface area contributed by atoms with E-state index in [2.05, 4.69) is 45.8 Å². The molecule has 1 saturated carbocycles. The summed E-state index contributed by atoms with van der Waals surface area (Å²) in [5, 5.41) is 12.9. The molecule has 0 aromatic carbocycles. The molecule has 2 fully saturated rings. The molecule has 1 aliphatic carbocycles. The summed E-state index contributed by atoms with van der Waals surface area (Å²) in [6, 6.07) is 0.978. The average molecular weight is 310 g/mol. The van der Waals surface area contributed by atoms with Crippen LogP contribution in [-0.4, -0.2) is 44.8 Å². The second-order valence-corrected chi connectivity index (χ2v) is 7.99. The fourth-order valence-electron chi connectivity index (χ4n) is 3.89. The molecule has 0 amide bonds. The monoisotopic (exact) mass is 310 g/mol. The Morgan fingerprint density at radius 1 is 1.14 bits per heavy atom. The molecule has 2 aliphatic rings. The van der Waals surface area contributed by atoms with Crippen molar-refractivity contribution in [2.75, 3.05) is 24.6 Å². The van der Waals surface area contributed by atoms with Gasteiger partial charge in [0.05, 0.1) is 19.1 Å². The Hall–Kier alpha value is -0.620. The maximum Gasteiger partial charge on any atom is 0.209 e. The minimum Gasteiger partial charge on any atom is -0.325 e. The van der Waals surface area contributed by atoms with Gasteiger partial charge < -0.3 is 4.90 Å². The molecule has 118 valence electrons. The van der Waals surface area contributed by atoms with Crippen LogP contribution in [0.2, 0.25) is 0 Å². The van der Waals surface area contributed by atoms with Crippen molar-refractivity contribution in [3.63, 3.8) is 0 Å². The number of aromatic nitrogens is 4. The number of hydrogen-bond donors (Lipinski definition) is 1. The lowest BCUT2D eigenvalue weighted by Gasteiger charge is -2.33. The molecular formula is C15H28N5S+. The molecule has 1 N–H and O–H groups in total. The van der Waals surface area contributed by atoms with E-state index in [1.165, 1.54) is 56.7 Å². The first-order chi connectivity index (χ1) is 10.3. The molecule has 1 atom stereocenters. The molecule has 0 unspecified atom stereocenters. The van der Waals surface area contributed by atoms with Gasteiger partial charge in [-0.25, -0.2) is 4.68 Å². The minimum absolute atomic E-state index is 0.447. The van der Waals surface area contributed by atoms with Gasteiger partial charge in [-0.1, -0.05) is 33.1 Å². The fraction of sp³-hybridized carbons (Fsp3) is 0.933. The summed E-state index contributed by atoms with van der Waals surface area (Å²) in [7, 11) is 0. The Kier molecular flexibility index (Phi) is 5.16. The highest BCUT2D eigenvalue weighted by Gasteiger charge is 2.35. The van der Waals surface area contributed by atoms with E-state index in [-0.39, 0.29) is 0 Å². The number of quaternary nitrogens is 1. The number of nitrogens with zero attached hydrogens (tertiary/aromatic N) is 4. The van der Waals surface area contributed by atoms with Crippen LogP contribution in [0.25, 0.3) is 0 Å². The van der Waals surface area contributed by atoms with Gasteiger partial charge in [-0.3, -0.25) is 0 Å². The predicted octanol–water partition coefficient (Wildman–Crippen LogP) is 1.51. The summed E-state index contributed by atoms with van der Waals surface area (Å²) in [6.07, 6.45) is 6.51. The van der Waals surface area contributed by atoms with E-state index in [0.717, 1.165) is 5.82 Å². The lowest BCUT2D eigenvalue weighted by molar-refractivity contribution is -0.933. The van der Waals surface area contributed by atoms with E-state index in [4.69, 9.17) is 0 Å². The van der Waals surface area contributed by atoms with Crippen molar-refractivity contribution in [2.24, 2.45) is 5.92 Å². The van der Waals surface area contributed by atoms with Crippen LogP contribution in [0.1, 0.15) is 63.9 Å². The topological polar surface area (TPSA) is 48.0 Å². The second kappa shape index (κ2) is 7.09. The molecule has 0 spiro atoms. The van der Waals surface area contributed by atoms with Gasteiger partial charge in [0.25, 0.3) is 0 Å². The molecule has 1 saturated heterocycles. The van der Waals surface area contributed by atoms with E-state index in [9.17, 15) is 0 Å². The summed E-state index contributed by atoms with van der Waals surface area (Å²) in [5.74, 6) is 4.25. The van der Waals surface area contributed by atoms with Crippen molar-refractivity contribution in [1.82, 2.24) is 20.2 Å². The Bertz CT molecular complexity index is 435. The average Bonchev–Trinajstić information content (AvgIpc) is 2.98. The first-order valence-corrected chi connectivity index (χ1v) is 9.63. The molecule has 0 radical (unpaired) electrons. The van der Waals surface area contributed by atoms with Gasteiger partial charge >= 0.3 is 0 Å². The molecule has 2 heterocycles. The fourth-order valence-corrected chi connectivity index (χ4v) is 4.90. The zero-order valence-corrected chi connectivity index (χ0v) is 14.1. The highest BCUT2D eigenvalue weighted by molar-refractivity contribution is 7.99. The standard InChI is InChI=1S/C15H27N5S/c1-12(2)14(19-8-10-21-11-9-19)15-16-17-18-20(15)13-6-4-3-5-7-13/h12-14H,3-11H2,1-2H3/p+1/t14-/m1/s1. The number of tetrazole rings is 1. The van der Waals surface area contributed by atoms with Gasteiger partial charge in [-0.2, -0.15) is 11.8 Å². The zero-order valence-electron chi connectivity index (χ0n) is 13.3. The smallest absolute Gasteiger partial charge is 0.209 e. The summed E-state index contributed by atoms with van der Waals surface area (Å²) in [4.78, 5) is 1.68. The molecular weight excluding hydrogens is 282 g/mol. The second-order valence-electron chi connectivity index (χ2n) is 6.77. The summed E-state index contributed by atoms with van der Waals surface area (Å²) >= 11 is 2.08. The minimum atomic E-state index is 0.447. The van der Waals surface area contributed by atoms with E-state index in [1.807, 2.05) is 0 Å². The Labute approximate surface area is 131 Å². The highest BCUT2D eigenvalue weighted by atomic mass is 32.2. The third-order valence-electron chi connectivity index (χ3n) is 4.96. The lowest BCUT2D eigenvalue weighted by atomic mass is 9.94. The van der Waals surface area contributed by atoms with Crippen LogP contribution in [0.15, 0.2) is 0 Å². The Morgan fingerprint density at radius 3 is 2.52 bits per heavy atom. The van der Waals surface area contributed by atoms with Crippen LogP contribution in [0.3, 0.4) is 0 Å². The van der Waals surface area contributed by atoms with Gasteiger partial charge in [0, 0.05) is 17.4 Å². The van der Waals surface area contributed by atoms with Crippen LogP contribution in [0, 0.1) is 5.92 Å². The van der Waals surface area contributed by atoms with Crippen LogP contribution in [0.5, 0.6) is 0 Å². The van der Waals surface area contributed by atoms with Crippen LogP contribution >= 0.6 is 11.8 Å². The number of rotatable bonds is 4. The zero-order chi connectivity index (χ0) is 14.7. The first kappa shape index (κ1) is 15.3. The Balaban J connectivity index is 1.83. The number of nitrogens with one attached hydrogen (secondary N) is 1. The van der Waals surface area contributed by atoms with Crippen molar-refractivity contribution >= 4 is 11.8 Å². The summed E-state index contributed by atoms with van der Waals surface area (Å²) in [5.41, 5.74) is 0. The molecule has 5 nitrogen and oxygen atoms in total. The van der Waals surface area contributed by atoms with Crippen molar-refractivity contribution in [1.29, 1.82) is 0 Å². The molecule has 1 aromatic heterocycles. The van der Waals surface area contributed by atoms with Crippen LogP contribution < -0.4 is 4.90 Å². The van der Waals surface area contributed by atoms with E-state index >= 15 is 0 Å². The first-order valence-electron chi connectivity index (χ1n) is 8.47. The van der Waals surface area contributed by atoms with E-state index in [0.29, 0.717) is 18.0 Å². The molecule has 1 aliphatic heterocycles. The van der Waals surface area contributed by atoms with Gasteiger partial charge in [-0.05, 0) is 23.3 Å². The Morgan fingerprint density at radius 2 is 1.86 bits per heavy atom. The maximum absolute atomic E-state index is 4.46. The van der Waals surface area contributed by atoms with Gasteiger partial charge in [0.15, 0.2) is 6.04 Å². The molecule has 3 rings (SSSR count). The summed E-state index contributed by atoms with van der Waals surface area (Å²) < 4.78 is 2.18. The normalized spacial score (nSPS) is 23.6. The van der Waals surface area contributed by atoms with Gasteiger partial charge in [-0.15, -0.1) is 5.10 Å². The predicted molar refractivity (Wildman–Crippen MR) is 85.5 cm³/mol. The van der Waals surface area contributed by atoms with Gasteiger partial charge in [0.1, 0.15) is 0 Å². The maximum atomic E-state index is 4.46. The highest BCUT2D eigenvalue weighted by Crippen LogP contribution is 2.30. The molecule has 0 bridgehead atoms. The third kappa shape index (κ3) is 3.42. The van der Waals surface area contributed by atoms with Crippen molar-refractivity contribution in [2.45, 2.75) is 58.0 Å². The van der Waals surface area contributed by atoms with Crippen molar-refractivity contribution < 1.29 is 4.90 Å². The van der Waals surface area contributed by atoms with Gasteiger partial charge in [0.2, 0.25) is 5.82 Å². The van der Waals surface area contributed by atoms with E-state index in [1.54, 1.807) is 4.90 Å². The van der Waals surface area contributed by atoms with Crippen molar-refractivity contribution in [3.8, 4) is 0 Å². The largest absolute Gasteiger partial charge is 0.325 e.